The molecule has 0 spiro atoms. The molecule has 0 bridgehead atoms. The van der Waals surface area contributed by atoms with Crippen LogP contribution in [0, 0.1) is 5.92 Å². The fraction of sp³-hybridized carbons (Fsp3) is 0.929. The van der Waals surface area contributed by atoms with Gasteiger partial charge in [0.25, 0.3) is 5.66 Å². The lowest BCUT2D eigenvalue weighted by Gasteiger charge is -2.33. The molecule has 0 saturated carbocycles. The maximum atomic E-state index is 13.0. The van der Waals surface area contributed by atoms with Crippen molar-refractivity contribution in [3.63, 3.8) is 0 Å². The van der Waals surface area contributed by atoms with Crippen LogP contribution < -0.4 is 0 Å². The summed E-state index contributed by atoms with van der Waals surface area (Å²) in [5.74, 6) is 0.518. The molecule has 0 amide bonds. The molecule has 10 heteroatoms. The Morgan fingerprint density at radius 1 is 1.21 bits per heavy atom. The summed E-state index contributed by atoms with van der Waals surface area (Å²) in [5.41, 5.74) is -2.39. The summed E-state index contributed by atoms with van der Waals surface area (Å²) in [5, 5.41) is 19.0. The van der Waals surface area contributed by atoms with Crippen molar-refractivity contribution in [3.8, 4) is 0 Å². The summed E-state index contributed by atoms with van der Waals surface area (Å²) in [7, 11) is 0. The molecular formula is C14H22F3N7. The first kappa shape index (κ1) is 17.2. The van der Waals surface area contributed by atoms with Gasteiger partial charge in [-0.25, -0.2) is 0 Å². The quantitative estimate of drug-likeness (QED) is 0.841. The van der Waals surface area contributed by atoms with Gasteiger partial charge in [-0.1, -0.05) is 0 Å². The third-order valence-corrected chi connectivity index (χ3v) is 4.39. The number of likely N-dealkylation sites (tertiary alicyclic amines) is 1. The van der Waals surface area contributed by atoms with Crippen LogP contribution in [0.3, 0.4) is 0 Å². The first-order valence-electron chi connectivity index (χ1n) is 8.12. The molecule has 2 aliphatic heterocycles. The van der Waals surface area contributed by atoms with E-state index in [1.807, 2.05) is 20.8 Å². The van der Waals surface area contributed by atoms with Crippen molar-refractivity contribution >= 4 is 0 Å². The number of tetrazole rings is 1. The fourth-order valence-corrected chi connectivity index (χ4v) is 3.03. The van der Waals surface area contributed by atoms with E-state index in [9.17, 15) is 13.2 Å². The van der Waals surface area contributed by atoms with E-state index < -0.39 is 11.8 Å². The molecule has 1 saturated heterocycles. The van der Waals surface area contributed by atoms with Crippen LogP contribution in [0.2, 0.25) is 0 Å². The van der Waals surface area contributed by atoms with Gasteiger partial charge in [0.2, 0.25) is 0 Å². The molecule has 0 aliphatic carbocycles. The van der Waals surface area contributed by atoms with Crippen molar-refractivity contribution < 1.29 is 13.2 Å². The van der Waals surface area contributed by atoms with Gasteiger partial charge >= 0.3 is 6.18 Å². The summed E-state index contributed by atoms with van der Waals surface area (Å²) < 4.78 is 38.9. The number of rotatable bonds is 4. The second kappa shape index (κ2) is 5.75. The Labute approximate surface area is 138 Å². The predicted molar refractivity (Wildman–Crippen MR) is 79.1 cm³/mol. The number of hydrogen-bond acceptors (Lipinski definition) is 6. The number of halogens is 3. The monoisotopic (exact) mass is 345 g/mol. The average Bonchev–Trinajstić information content (AvgIpc) is 3.08. The fourth-order valence-electron chi connectivity index (χ4n) is 3.03. The van der Waals surface area contributed by atoms with Gasteiger partial charge in [-0.05, 0) is 51.3 Å². The Morgan fingerprint density at radius 2 is 1.92 bits per heavy atom. The molecule has 3 heterocycles. The lowest BCUT2D eigenvalue weighted by molar-refractivity contribution is -0.168. The number of piperidine rings is 1. The highest BCUT2D eigenvalue weighted by Gasteiger charge is 2.64. The average molecular weight is 345 g/mol. The van der Waals surface area contributed by atoms with Gasteiger partial charge in [0.15, 0.2) is 5.82 Å². The molecule has 7 nitrogen and oxygen atoms in total. The zero-order chi connectivity index (χ0) is 17.6. The molecule has 3 rings (SSSR count). The molecule has 1 fully saturated rings. The zero-order valence-electron chi connectivity index (χ0n) is 14.1. The lowest BCUT2D eigenvalue weighted by atomic mass is 9.89. The number of hydrogen-bond donors (Lipinski definition) is 0. The molecule has 24 heavy (non-hydrogen) atoms. The second-order valence-corrected chi connectivity index (χ2v) is 7.63. The maximum Gasteiger partial charge on any atom is 0.437 e. The number of aromatic nitrogens is 4. The van der Waals surface area contributed by atoms with Crippen molar-refractivity contribution in [3.05, 3.63) is 5.82 Å². The van der Waals surface area contributed by atoms with E-state index in [1.54, 1.807) is 4.80 Å². The standard InChI is InChI=1S/C14H22F3N7/c1-12(2,3)24-19-11(18-22-24)9-23-6-4-5-10(8-23)7-13(20-21-13)14(15,16)17/h10H,4-9H2,1-3H3. The Bertz CT molecular complexity index is 611. The van der Waals surface area contributed by atoms with Crippen molar-refractivity contribution in [1.29, 1.82) is 0 Å². The molecule has 0 N–H and O–H groups in total. The summed E-state index contributed by atoms with van der Waals surface area (Å²) in [6, 6.07) is 0. The van der Waals surface area contributed by atoms with Crippen LogP contribution in [-0.2, 0) is 12.1 Å². The highest BCUT2D eigenvalue weighted by atomic mass is 19.4. The molecule has 1 unspecified atom stereocenters. The van der Waals surface area contributed by atoms with Gasteiger partial charge in [-0.3, -0.25) is 4.90 Å². The highest BCUT2D eigenvalue weighted by molar-refractivity contribution is 5.02. The Balaban J connectivity index is 1.57. The van der Waals surface area contributed by atoms with Crippen molar-refractivity contribution in [2.24, 2.45) is 16.1 Å². The van der Waals surface area contributed by atoms with E-state index in [-0.39, 0.29) is 17.9 Å². The number of alkyl halides is 3. The molecule has 134 valence electrons. The minimum atomic E-state index is -4.38. The minimum absolute atomic E-state index is 0.0604. The molecule has 2 aliphatic rings. The SMILES string of the molecule is CC(C)(C)n1nnc(CN2CCCC(CC3(C(F)(F)F)N=N3)C2)n1. The summed E-state index contributed by atoms with van der Waals surface area (Å²) >= 11 is 0. The van der Waals surface area contributed by atoms with E-state index in [1.165, 1.54) is 0 Å². The maximum absolute atomic E-state index is 13.0. The van der Waals surface area contributed by atoms with Crippen molar-refractivity contribution in [2.45, 2.75) is 64.0 Å². The van der Waals surface area contributed by atoms with Gasteiger partial charge in [0, 0.05) is 13.0 Å². The van der Waals surface area contributed by atoms with E-state index in [4.69, 9.17) is 0 Å². The van der Waals surface area contributed by atoms with Crippen molar-refractivity contribution in [2.75, 3.05) is 13.1 Å². The van der Waals surface area contributed by atoms with Crippen LogP contribution in [0.15, 0.2) is 10.2 Å². The van der Waals surface area contributed by atoms with Crippen LogP contribution in [-0.4, -0.2) is 50.0 Å². The Kier molecular flexibility index (Phi) is 4.13. The lowest BCUT2D eigenvalue weighted by Crippen LogP contribution is -2.41. The smallest absolute Gasteiger partial charge is 0.296 e. The predicted octanol–water partition coefficient (Wildman–Crippen LogP) is 2.75. The topological polar surface area (TPSA) is 71.6 Å². The summed E-state index contributed by atoms with van der Waals surface area (Å²) in [6.45, 7) is 7.85. The molecule has 0 radical (unpaired) electrons. The minimum Gasteiger partial charge on any atom is -0.296 e. The molecule has 1 aromatic heterocycles. The first-order valence-corrected chi connectivity index (χ1v) is 8.12. The Morgan fingerprint density at radius 3 is 2.46 bits per heavy atom. The van der Waals surface area contributed by atoms with Gasteiger partial charge < -0.3 is 0 Å². The van der Waals surface area contributed by atoms with Gasteiger partial charge in [0.05, 0.1) is 12.1 Å². The summed E-state index contributed by atoms with van der Waals surface area (Å²) in [4.78, 5) is 3.65. The molecule has 1 atom stereocenters. The largest absolute Gasteiger partial charge is 0.437 e. The van der Waals surface area contributed by atoms with Crippen LogP contribution in [0.4, 0.5) is 13.2 Å². The Hall–Kier alpha value is -1.58. The van der Waals surface area contributed by atoms with Crippen LogP contribution in [0.25, 0.3) is 0 Å². The highest BCUT2D eigenvalue weighted by Crippen LogP contribution is 2.49. The van der Waals surface area contributed by atoms with Crippen LogP contribution >= 0.6 is 0 Å². The van der Waals surface area contributed by atoms with E-state index in [2.05, 4.69) is 30.5 Å². The van der Waals surface area contributed by atoms with Crippen molar-refractivity contribution in [1.82, 2.24) is 25.1 Å². The number of nitrogens with zero attached hydrogens (tertiary/aromatic N) is 7. The second-order valence-electron chi connectivity index (χ2n) is 7.63. The third kappa shape index (κ3) is 3.57. The van der Waals surface area contributed by atoms with Gasteiger partial charge in [0.1, 0.15) is 0 Å². The zero-order valence-corrected chi connectivity index (χ0v) is 14.1. The third-order valence-electron chi connectivity index (χ3n) is 4.39. The normalized spacial score (nSPS) is 24.3. The van der Waals surface area contributed by atoms with E-state index in [0.717, 1.165) is 19.4 Å². The van der Waals surface area contributed by atoms with Gasteiger partial charge in [-0.2, -0.15) is 18.0 Å². The molecule has 0 aromatic carbocycles. The van der Waals surface area contributed by atoms with E-state index in [0.29, 0.717) is 18.9 Å². The first-order chi connectivity index (χ1) is 11.1. The molecule has 1 aromatic rings. The van der Waals surface area contributed by atoms with E-state index >= 15 is 0 Å². The summed E-state index contributed by atoms with van der Waals surface area (Å²) in [6.07, 6.45) is -2.82. The molecular weight excluding hydrogens is 323 g/mol. The van der Waals surface area contributed by atoms with Crippen LogP contribution in [0.5, 0.6) is 0 Å². The van der Waals surface area contributed by atoms with Crippen LogP contribution in [0.1, 0.15) is 45.9 Å². The van der Waals surface area contributed by atoms with Gasteiger partial charge in [-0.15, -0.1) is 20.4 Å².